The van der Waals surface area contributed by atoms with Crippen molar-refractivity contribution in [2.45, 2.75) is 13.8 Å². The van der Waals surface area contributed by atoms with Crippen molar-refractivity contribution in [1.29, 1.82) is 0 Å². The van der Waals surface area contributed by atoms with E-state index in [2.05, 4.69) is 75.0 Å². The summed E-state index contributed by atoms with van der Waals surface area (Å²) in [5.41, 5.74) is 6.23. The van der Waals surface area contributed by atoms with Gasteiger partial charge in [-0.1, -0.05) is 73.3 Å². The summed E-state index contributed by atoms with van der Waals surface area (Å²) in [6.45, 7) is 7.93. The van der Waals surface area contributed by atoms with E-state index in [9.17, 15) is 0 Å². The summed E-state index contributed by atoms with van der Waals surface area (Å²) < 4.78 is 0. The molecule has 0 aliphatic carbocycles. The number of benzene rings is 2. The van der Waals surface area contributed by atoms with Gasteiger partial charge in [-0.05, 0) is 47.7 Å². The molecule has 2 aromatic carbocycles. The fraction of sp³-hybridized carbons (Fsp3) is 0.100. The fourth-order valence-corrected chi connectivity index (χ4v) is 2.28. The van der Waals surface area contributed by atoms with Gasteiger partial charge in [0.2, 0.25) is 0 Å². The lowest BCUT2D eigenvalue weighted by molar-refractivity contribution is 1.44. The van der Waals surface area contributed by atoms with Gasteiger partial charge >= 0.3 is 0 Å². The Morgan fingerprint density at radius 1 is 1.00 bits per heavy atom. The Hall–Kier alpha value is -2.34. The third-order valence-corrected chi connectivity index (χ3v) is 3.24. The monoisotopic (exact) mass is 260 g/mol. The first-order valence-electron chi connectivity index (χ1n) is 6.87. The van der Waals surface area contributed by atoms with Crippen molar-refractivity contribution in [2.24, 2.45) is 0 Å². The maximum atomic E-state index is 3.73. The van der Waals surface area contributed by atoms with Crippen LogP contribution >= 0.6 is 0 Å². The van der Waals surface area contributed by atoms with Gasteiger partial charge in [0.05, 0.1) is 0 Å². The molecule has 0 bridgehead atoms. The number of hydrogen-bond acceptors (Lipinski definition) is 0. The Balaban J connectivity index is 2.49. The van der Waals surface area contributed by atoms with Gasteiger partial charge in [-0.25, -0.2) is 0 Å². The number of hydrogen-bond donors (Lipinski definition) is 0. The first-order chi connectivity index (χ1) is 9.74. The average Bonchev–Trinajstić information content (AvgIpc) is 2.48. The minimum atomic E-state index is 1.21. The van der Waals surface area contributed by atoms with Crippen LogP contribution in [0.2, 0.25) is 0 Å². The Morgan fingerprint density at radius 3 is 2.40 bits per heavy atom. The van der Waals surface area contributed by atoms with Gasteiger partial charge < -0.3 is 0 Å². The molecule has 20 heavy (non-hydrogen) atoms. The van der Waals surface area contributed by atoms with E-state index in [0.29, 0.717) is 0 Å². The second kappa shape index (κ2) is 6.72. The van der Waals surface area contributed by atoms with Crippen LogP contribution in [0.25, 0.3) is 16.7 Å². The summed E-state index contributed by atoms with van der Waals surface area (Å²) in [6.07, 6.45) is 8.00. The topological polar surface area (TPSA) is 0 Å². The molecule has 0 saturated carbocycles. The molecule has 0 N–H and O–H groups in total. The van der Waals surface area contributed by atoms with E-state index in [4.69, 9.17) is 0 Å². The van der Waals surface area contributed by atoms with E-state index < -0.39 is 0 Å². The summed E-state index contributed by atoms with van der Waals surface area (Å²) in [5.74, 6) is 0. The predicted molar refractivity (Wildman–Crippen MR) is 89.6 cm³/mol. The molecule has 0 fully saturated rings. The molecule has 0 heterocycles. The van der Waals surface area contributed by atoms with E-state index in [1.807, 2.05) is 12.1 Å². The second-order valence-corrected chi connectivity index (χ2v) is 4.79. The van der Waals surface area contributed by atoms with E-state index in [0.717, 1.165) is 0 Å². The zero-order valence-corrected chi connectivity index (χ0v) is 12.1. The molecule has 0 amide bonds. The molecule has 0 spiro atoms. The Kier molecular flexibility index (Phi) is 4.73. The van der Waals surface area contributed by atoms with Crippen molar-refractivity contribution >= 4 is 5.57 Å². The normalized spacial score (nSPS) is 11.8. The lowest BCUT2D eigenvalue weighted by atomic mass is 9.96. The Morgan fingerprint density at radius 2 is 1.75 bits per heavy atom. The van der Waals surface area contributed by atoms with Gasteiger partial charge in [0.15, 0.2) is 0 Å². The lowest BCUT2D eigenvalue weighted by Gasteiger charge is -2.09. The van der Waals surface area contributed by atoms with Crippen LogP contribution in [0.1, 0.15) is 18.1 Å². The van der Waals surface area contributed by atoms with Crippen LogP contribution < -0.4 is 0 Å². The lowest BCUT2D eigenvalue weighted by Crippen LogP contribution is -1.86. The quantitative estimate of drug-likeness (QED) is 0.609. The predicted octanol–water partition coefficient (Wildman–Crippen LogP) is 5.81. The highest BCUT2D eigenvalue weighted by Crippen LogP contribution is 2.26. The van der Waals surface area contributed by atoms with E-state index >= 15 is 0 Å². The minimum absolute atomic E-state index is 1.21. The van der Waals surface area contributed by atoms with Crippen LogP contribution in [0.4, 0.5) is 0 Å². The Labute approximate surface area is 121 Å². The van der Waals surface area contributed by atoms with Crippen LogP contribution in [0.15, 0.2) is 79.4 Å². The third kappa shape index (κ3) is 3.36. The van der Waals surface area contributed by atoms with E-state index in [1.54, 1.807) is 6.08 Å². The van der Waals surface area contributed by atoms with Crippen molar-refractivity contribution in [1.82, 2.24) is 0 Å². The maximum absolute atomic E-state index is 3.73. The van der Waals surface area contributed by atoms with Crippen LogP contribution in [0.5, 0.6) is 0 Å². The van der Waals surface area contributed by atoms with Crippen LogP contribution in [-0.2, 0) is 0 Å². The van der Waals surface area contributed by atoms with Crippen molar-refractivity contribution in [3.8, 4) is 11.1 Å². The standard InChI is InChI=1S/C20H20/c1-4-6-10-17(5-2)19-13-16(3)14-20(15-19)18-11-8-7-9-12-18/h4-15H,1H2,2-3H3/b10-6-,17-5+. The smallest absolute Gasteiger partial charge is 0.0175 e. The highest BCUT2D eigenvalue weighted by Gasteiger charge is 2.03. The van der Waals surface area contributed by atoms with Crippen molar-refractivity contribution < 1.29 is 0 Å². The van der Waals surface area contributed by atoms with Gasteiger partial charge in [0.25, 0.3) is 0 Å². The van der Waals surface area contributed by atoms with Crippen molar-refractivity contribution in [2.75, 3.05) is 0 Å². The van der Waals surface area contributed by atoms with Gasteiger partial charge in [0.1, 0.15) is 0 Å². The first-order valence-corrected chi connectivity index (χ1v) is 6.87. The second-order valence-electron chi connectivity index (χ2n) is 4.79. The molecule has 2 aromatic rings. The zero-order chi connectivity index (χ0) is 14.4. The molecule has 2 rings (SSSR count). The molecule has 0 radical (unpaired) electrons. The largest absolute Gasteiger partial charge is 0.0991 e. The van der Waals surface area contributed by atoms with Gasteiger partial charge in [-0.15, -0.1) is 0 Å². The van der Waals surface area contributed by atoms with Crippen LogP contribution in [0.3, 0.4) is 0 Å². The molecule has 0 heteroatoms. The molecular formula is C20H20. The summed E-state index contributed by atoms with van der Waals surface area (Å²) in [6, 6.07) is 17.2. The highest BCUT2D eigenvalue weighted by molar-refractivity contribution is 5.78. The van der Waals surface area contributed by atoms with Crippen LogP contribution in [-0.4, -0.2) is 0 Å². The van der Waals surface area contributed by atoms with Crippen molar-refractivity contribution in [3.05, 3.63) is 90.5 Å². The molecule has 0 unspecified atom stereocenters. The number of allylic oxidation sites excluding steroid dienone is 5. The molecule has 0 aliphatic heterocycles. The third-order valence-electron chi connectivity index (χ3n) is 3.24. The summed E-state index contributed by atoms with van der Waals surface area (Å²) in [5, 5.41) is 0. The molecule has 0 nitrogen and oxygen atoms in total. The molecule has 0 aliphatic rings. The van der Waals surface area contributed by atoms with E-state index in [-0.39, 0.29) is 0 Å². The van der Waals surface area contributed by atoms with E-state index in [1.165, 1.54) is 27.8 Å². The number of aryl methyl sites for hydroxylation is 1. The SMILES string of the molecule is C=C/C=C\C(=C/C)c1cc(C)cc(-c2ccccc2)c1. The molecule has 0 atom stereocenters. The summed E-state index contributed by atoms with van der Waals surface area (Å²) in [4.78, 5) is 0. The number of rotatable bonds is 4. The molecule has 0 aromatic heterocycles. The highest BCUT2D eigenvalue weighted by atomic mass is 14.1. The fourth-order valence-electron chi connectivity index (χ4n) is 2.28. The van der Waals surface area contributed by atoms with Gasteiger partial charge in [-0.2, -0.15) is 0 Å². The summed E-state index contributed by atoms with van der Waals surface area (Å²) in [7, 11) is 0. The van der Waals surface area contributed by atoms with Crippen molar-refractivity contribution in [3.63, 3.8) is 0 Å². The molecule has 100 valence electrons. The first kappa shape index (κ1) is 14.1. The molecule has 0 saturated heterocycles. The average molecular weight is 260 g/mol. The Bertz CT molecular complexity index is 643. The maximum Gasteiger partial charge on any atom is -0.0175 e. The van der Waals surface area contributed by atoms with Crippen LogP contribution in [0, 0.1) is 6.92 Å². The zero-order valence-electron chi connectivity index (χ0n) is 12.1. The summed E-state index contributed by atoms with van der Waals surface area (Å²) >= 11 is 0. The van der Waals surface area contributed by atoms with Gasteiger partial charge in [-0.3, -0.25) is 0 Å². The molecular weight excluding hydrogens is 240 g/mol. The minimum Gasteiger partial charge on any atom is -0.0991 e. The van der Waals surface area contributed by atoms with Gasteiger partial charge in [0, 0.05) is 0 Å².